The lowest BCUT2D eigenvalue weighted by molar-refractivity contribution is -0.137. The highest BCUT2D eigenvalue weighted by Crippen LogP contribution is 2.38. The summed E-state index contributed by atoms with van der Waals surface area (Å²) < 4.78 is 44.9. The van der Waals surface area contributed by atoms with Gasteiger partial charge in [0, 0.05) is 29.2 Å². The first-order valence-electron chi connectivity index (χ1n) is 9.05. The molecule has 2 aromatic carbocycles. The number of nitrogens with one attached hydrogen (secondary N) is 1. The molecule has 3 rings (SSSR count). The Balaban J connectivity index is 1.88. The summed E-state index contributed by atoms with van der Waals surface area (Å²) in [5, 5.41) is 2.58. The van der Waals surface area contributed by atoms with Crippen molar-refractivity contribution in [3.8, 4) is 5.88 Å². The zero-order valence-electron chi connectivity index (χ0n) is 16.4. The van der Waals surface area contributed by atoms with Gasteiger partial charge in [0.2, 0.25) is 5.88 Å². The van der Waals surface area contributed by atoms with Crippen molar-refractivity contribution in [1.82, 2.24) is 4.98 Å². The molecule has 8 heteroatoms. The van der Waals surface area contributed by atoms with E-state index in [1.165, 1.54) is 20.1 Å². The minimum atomic E-state index is -4.62. The van der Waals surface area contributed by atoms with Gasteiger partial charge in [-0.25, -0.2) is 4.98 Å². The minimum Gasteiger partial charge on any atom is -0.481 e. The molecule has 0 spiro atoms. The maximum atomic E-state index is 13.3. The van der Waals surface area contributed by atoms with Gasteiger partial charge in [-0.2, -0.15) is 13.2 Å². The Kier molecular flexibility index (Phi) is 5.96. The van der Waals surface area contributed by atoms with Crippen molar-refractivity contribution in [3.05, 3.63) is 82.5 Å². The van der Waals surface area contributed by atoms with Crippen LogP contribution in [0.5, 0.6) is 5.88 Å². The molecule has 1 amide bonds. The van der Waals surface area contributed by atoms with E-state index in [2.05, 4.69) is 10.3 Å². The molecule has 156 valence electrons. The number of halogens is 3. The number of nitrogens with zero attached hydrogens (tertiary/aromatic N) is 1. The molecule has 0 bridgehead atoms. The monoisotopic (exact) mass is 415 g/mol. The molecule has 0 aliphatic rings. The Labute approximate surface area is 171 Å². The number of hydrogen-bond donors (Lipinski definition) is 2. The second kappa shape index (κ2) is 8.44. The van der Waals surface area contributed by atoms with E-state index in [1.54, 1.807) is 36.5 Å². The van der Waals surface area contributed by atoms with Crippen LogP contribution in [0.3, 0.4) is 0 Å². The third-order valence-corrected chi connectivity index (χ3v) is 4.69. The fourth-order valence-corrected chi connectivity index (χ4v) is 3.19. The summed E-state index contributed by atoms with van der Waals surface area (Å²) in [4.78, 5) is 17.0. The molecule has 1 aromatic heterocycles. The SMILES string of the molecule is COc1ccc(Cc2ccccc2C(=O)Nc2ccc(N)c(C(F)(F)F)c2C)cn1. The number of nitrogen functional groups attached to an aromatic ring is 1. The average molecular weight is 415 g/mol. The van der Waals surface area contributed by atoms with Crippen LogP contribution < -0.4 is 15.8 Å². The third kappa shape index (κ3) is 4.53. The molecule has 0 fully saturated rings. The van der Waals surface area contributed by atoms with Crippen molar-refractivity contribution in [2.24, 2.45) is 0 Å². The maximum absolute atomic E-state index is 13.3. The highest BCUT2D eigenvalue weighted by atomic mass is 19.4. The number of nitrogens with two attached hydrogens (primary N) is 1. The van der Waals surface area contributed by atoms with Gasteiger partial charge in [0.1, 0.15) is 0 Å². The number of carbonyl (C=O) groups excluding carboxylic acids is 1. The molecular weight excluding hydrogens is 395 g/mol. The standard InChI is InChI=1S/C22H20F3N3O2/c1-13-18(9-8-17(26)20(13)22(23,24)25)28-21(29)16-6-4-3-5-15(16)11-14-7-10-19(30-2)27-12-14/h3-10,12H,11,26H2,1-2H3,(H,28,29). The van der Waals surface area contributed by atoms with Gasteiger partial charge >= 0.3 is 6.18 Å². The van der Waals surface area contributed by atoms with Crippen molar-refractivity contribution in [1.29, 1.82) is 0 Å². The Morgan fingerprint density at radius 1 is 1.13 bits per heavy atom. The fourth-order valence-electron chi connectivity index (χ4n) is 3.19. The topological polar surface area (TPSA) is 77.2 Å². The number of amides is 1. The van der Waals surface area contributed by atoms with Gasteiger partial charge in [0.25, 0.3) is 5.91 Å². The quantitative estimate of drug-likeness (QED) is 0.585. The van der Waals surface area contributed by atoms with Crippen LogP contribution in [-0.4, -0.2) is 18.0 Å². The van der Waals surface area contributed by atoms with Crippen molar-refractivity contribution in [3.63, 3.8) is 0 Å². The van der Waals surface area contributed by atoms with Crippen LogP contribution in [0, 0.1) is 6.92 Å². The number of methoxy groups -OCH3 is 1. The predicted molar refractivity (Wildman–Crippen MR) is 109 cm³/mol. The van der Waals surface area contributed by atoms with Crippen LogP contribution in [-0.2, 0) is 12.6 Å². The predicted octanol–water partition coefficient (Wildman–Crippen LogP) is 4.84. The van der Waals surface area contributed by atoms with Gasteiger partial charge in [-0.05, 0) is 48.2 Å². The number of aromatic nitrogens is 1. The number of rotatable bonds is 5. The molecule has 0 unspecified atom stereocenters. The third-order valence-electron chi connectivity index (χ3n) is 4.69. The summed E-state index contributed by atoms with van der Waals surface area (Å²) in [6.45, 7) is 1.28. The largest absolute Gasteiger partial charge is 0.481 e. The van der Waals surface area contributed by atoms with Crippen molar-refractivity contribution in [2.45, 2.75) is 19.5 Å². The van der Waals surface area contributed by atoms with Crippen LogP contribution in [0.4, 0.5) is 24.5 Å². The van der Waals surface area contributed by atoms with E-state index >= 15 is 0 Å². The van der Waals surface area contributed by atoms with Gasteiger partial charge in [0.05, 0.1) is 12.7 Å². The van der Waals surface area contributed by atoms with Gasteiger partial charge in [-0.1, -0.05) is 24.3 Å². The number of carbonyl (C=O) groups is 1. The Morgan fingerprint density at radius 3 is 2.50 bits per heavy atom. The molecule has 3 N–H and O–H groups in total. The first-order valence-corrected chi connectivity index (χ1v) is 9.05. The lowest BCUT2D eigenvalue weighted by Gasteiger charge is -2.17. The molecule has 0 aliphatic heterocycles. The number of hydrogen-bond acceptors (Lipinski definition) is 4. The van der Waals surface area contributed by atoms with Crippen molar-refractivity contribution < 1.29 is 22.7 Å². The van der Waals surface area contributed by atoms with E-state index in [0.717, 1.165) is 11.6 Å². The van der Waals surface area contributed by atoms with Crippen molar-refractivity contribution >= 4 is 17.3 Å². The second-order valence-corrected chi connectivity index (χ2v) is 6.70. The van der Waals surface area contributed by atoms with Crippen LogP contribution in [0.25, 0.3) is 0 Å². The molecule has 0 atom stereocenters. The molecule has 3 aromatic rings. The molecule has 1 heterocycles. The molecule has 0 aliphatic carbocycles. The van der Waals surface area contributed by atoms with E-state index in [0.29, 0.717) is 23.4 Å². The summed E-state index contributed by atoms with van der Waals surface area (Å²) >= 11 is 0. The number of alkyl halides is 3. The molecule has 0 saturated heterocycles. The van der Waals surface area contributed by atoms with E-state index < -0.39 is 17.6 Å². The lowest BCUT2D eigenvalue weighted by atomic mass is 9.99. The highest BCUT2D eigenvalue weighted by Gasteiger charge is 2.35. The van der Waals surface area contributed by atoms with Crippen LogP contribution in [0.15, 0.2) is 54.7 Å². The first-order chi connectivity index (χ1) is 14.2. The van der Waals surface area contributed by atoms with E-state index in [4.69, 9.17) is 10.5 Å². The Bertz CT molecular complexity index is 1060. The average Bonchev–Trinajstić information content (AvgIpc) is 2.70. The minimum absolute atomic E-state index is 0.0578. The Morgan fingerprint density at radius 2 is 1.87 bits per heavy atom. The van der Waals surface area contributed by atoms with Crippen LogP contribution in [0.2, 0.25) is 0 Å². The molecule has 0 radical (unpaired) electrons. The fraction of sp³-hybridized carbons (Fsp3) is 0.182. The Hall–Kier alpha value is -3.55. The van der Waals surface area contributed by atoms with E-state index in [1.807, 2.05) is 6.07 Å². The maximum Gasteiger partial charge on any atom is 0.418 e. The van der Waals surface area contributed by atoms with Gasteiger partial charge < -0.3 is 15.8 Å². The molecule has 30 heavy (non-hydrogen) atoms. The highest BCUT2D eigenvalue weighted by molar-refractivity contribution is 6.06. The zero-order valence-corrected chi connectivity index (χ0v) is 16.4. The molecule has 5 nitrogen and oxygen atoms in total. The first kappa shape index (κ1) is 21.2. The summed E-state index contributed by atoms with van der Waals surface area (Å²) in [7, 11) is 1.52. The smallest absolute Gasteiger partial charge is 0.418 e. The normalized spacial score (nSPS) is 11.2. The molecular formula is C22H20F3N3O2. The van der Waals surface area contributed by atoms with E-state index in [9.17, 15) is 18.0 Å². The van der Waals surface area contributed by atoms with Gasteiger partial charge in [-0.3, -0.25) is 4.79 Å². The second-order valence-electron chi connectivity index (χ2n) is 6.70. The number of pyridine rings is 1. The summed E-state index contributed by atoms with van der Waals surface area (Å²) in [6.07, 6.45) is -2.55. The molecule has 0 saturated carbocycles. The summed E-state index contributed by atoms with van der Waals surface area (Å²) in [5.41, 5.74) is 6.03. The summed E-state index contributed by atoms with van der Waals surface area (Å²) in [6, 6.07) is 13.0. The number of ether oxygens (including phenoxy) is 1. The number of anilines is 2. The summed E-state index contributed by atoms with van der Waals surface area (Å²) in [5.74, 6) is -0.0304. The zero-order chi connectivity index (χ0) is 21.9. The van der Waals surface area contributed by atoms with Crippen molar-refractivity contribution in [2.75, 3.05) is 18.2 Å². The van der Waals surface area contributed by atoms with Gasteiger partial charge in [-0.15, -0.1) is 0 Å². The van der Waals surface area contributed by atoms with Crippen LogP contribution in [0.1, 0.15) is 32.6 Å². The van der Waals surface area contributed by atoms with Gasteiger partial charge in [0.15, 0.2) is 0 Å². The lowest BCUT2D eigenvalue weighted by Crippen LogP contribution is -2.18. The van der Waals surface area contributed by atoms with Crippen LogP contribution >= 0.6 is 0 Å². The van der Waals surface area contributed by atoms with E-state index in [-0.39, 0.29) is 16.9 Å². The number of benzene rings is 2.